The van der Waals surface area contributed by atoms with Crippen molar-refractivity contribution in [1.29, 1.82) is 0 Å². The van der Waals surface area contributed by atoms with Crippen molar-refractivity contribution < 1.29 is 4.39 Å². The number of likely N-dealkylation sites (tertiary alicyclic amines) is 1. The minimum absolute atomic E-state index is 0.0834. The van der Waals surface area contributed by atoms with Crippen molar-refractivity contribution in [3.8, 4) is 0 Å². The number of hydrogen-bond donors (Lipinski definition) is 0. The van der Waals surface area contributed by atoms with E-state index in [-0.39, 0.29) is 11.2 Å². The lowest BCUT2D eigenvalue weighted by Gasteiger charge is -2.39. The van der Waals surface area contributed by atoms with Crippen LogP contribution in [0.25, 0.3) is 0 Å². The highest BCUT2D eigenvalue weighted by molar-refractivity contribution is 8.02. The predicted octanol–water partition coefficient (Wildman–Crippen LogP) is 5.07. The molecular formula is C19H21FN2S2. The lowest BCUT2D eigenvalue weighted by molar-refractivity contribution is 0.132. The normalized spacial score (nSPS) is 22.4. The Bertz CT molecular complexity index is 693. The summed E-state index contributed by atoms with van der Waals surface area (Å²) < 4.78 is 14.2. The van der Waals surface area contributed by atoms with E-state index in [0.29, 0.717) is 6.04 Å². The van der Waals surface area contributed by atoms with E-state index in [1.807, 2.05) is 23.5 Å². The third kappa shape index (κ3) is 3.39. The summed E-state index contributed by atoms with van der Waals surface area (Å²) in [6, 6.07) is 12.0. The molecule has 24 heavy (non-hydrogen) atoms. The fourth-order valence-electron chi connectivity index (χ4n) is 3.55. The standard InChI is InChI=1S/C19H21FN2S2/c20-18-6-2-1-5-17(18)19-22(11-13-24-19)15-7-9-21(10-8-15)14-16-4-3-12-23-16/h1-6,11-13,15,19H,7-10,14H2. The number of hydrogen-bond acceptors (Lipinski definition) is 4. The van der Waals surface area contributed by atoms with Crippen LogP contribution in [0, 0.1) is 5.82 Å². The molecule has 1 aromatic carbocycles. The van der Waals surface area contributed by atoms with Gasteiger partial charge in [-0.1, -0.05) is 24.3 Å². The summed E-state index contributed by atoms with van der Waals surface area (Å²) >= 11 is 3.54. The lowest BCUT2D eigenvalue weighted by Crippen LogP contribution is -2.42. The number of thioether (sulfide) groups is 1. The molecule has 4 rings (SSSR count). The highest BCUT2D eigenvalue weighted by atomic mass is 32.2. The lowest BCUT2D eigenvalue weighted by atomic mass is 10.0. The van der Waals surface area contributed by atoms with Crippen LogP contribution in [0.5, 0.6) is 0 Å². The number of halogens is 1. The summed E-state index contributed by atoms with van der Waals surface area (Å²) in [4.78, 5) is 6.34. The Balaban J connectivity index is 1.39. The third-order valence-electron chi connectivity index (χ3n) is 4.82. The van der Waals surface area contributed by atoms with Gasteiger partial charge in [-0.25, -0.2) is 4.39 Å². The van der Waals surface area contributed by atoms with E-state index in [4.69, 9.17) is 0 Å². The molecule has 2 aliphatic heterocycles. The maximum Gasteiger partial charge on any atom is 0.129 e. The fraction of sp³-hybridized carbons (Fsp3) is 0.368. The quantitative estimate of drug-likeness (QED) is 0.751. The van der Waals surface area contributed by atoms with Gasteiger partial charge in [-0.05, 0) is 35.8 Å². The van der Waals surface area contributed by atoms with Crippen LogP contribution in [0.15, 0.2) is 53.4 Å². The number of thiophene rings is 1. The van der Waals surface area contributed by atoms with Crippen LogP contribution in [0.3, 0.4) is 0 Å². The first-order valence-corrected chi connectivity index (χ1v) is 10.2. The largest absolute Gasteiger partial charge is 0.358 e. The van der Waals surface area contributed by atoms with Gasteiger partial charge in [-0.2, -0.15) is 0 Å². The van der Waals surface area contributed by atoms with Gasteiger partial charge >= 0.3 is 0 Å². The molecule has 0 spiro atoms. The van der Waals surface area contributed by atoms with Crippen LogP contribution in [0.4, 0.5) is 4.39 Å². The minimum Gasteiger partial charge on any atom is -0.358 e. The Kier molecular flexibility index (Phi) is 4.92. The SMILES string of the molecule is Fc1ccccc1C1SC=CN1C1CCN(Cc2cccs2)CC1. The molecule has 1 saturated heterocycles. The molecule has 0 radical (unpaired) electrons. The summed E-state index contributed by atoms with van der Waals surface area (Å²) in [6.07, 6.45) is 4.43. The van der Waals surface area contributed by atoms with E-state index in [1.165, 1.54) is 4.88 Å². The maximum atomic E-state index is 14.2. The topological polar surface area (TPSA) is 6.48 Å². The molecule has 1 aromatic heterocycles. The molecule has 2 nitrogen and oxygen atoms in total. The van der Waals surface area contributed by atoms with E-state index >= 15 is 0 Å². The average molecular weight is 361 g/mol. The Morgan fingerprint density at radius 1 is 1.08 bits per heavy atom. The van der Waals surface area contributed by atoms with Gasteiger partial charge in [-0.15, -0.1) is 23.1 Å². The van der Waals surface area contributed by atoms with Gasteiger partial charge in [0.2, 0.25) is 0 Å². The first-order valence-electron chi connectivity index (χ1n) is 8.40. The highest BCUT2D eigenvalue weighted by Gasteiger charge is 2.32. The summed E-state index contributed by atoms with van der Waals surface area (Å²) in [5.41, 5.74) is 0.800. The zero-order valence-electron chi connectivity index (χ0n) is 13.5. The summed E-state index contributed by atoms with van der Waals surface area (Å²) in [5.74, 6) is -0.0983. The van der Waals surface area contributed by atoms with Crippen LogP contribution in [-0.2, 0) is 6.54 Å². The van der Waals surface area contributed by atoms with Crippen molar-refractivity contribution in [3.63, 3.8) is 0 Å². The molecular weight excluding hydrogens is 339 g/mol. The monoisotopic (exact) mass is 360 g/mol. The van der Waals surface area contributed by atoms with Crippen molar-refractivity contribution >= 4 is 23.1 Å². The Morgan fingerprint density at radius 3 is 2.67 bits per heavy atom. The van der Waals surface area contributed by atoms with E-state index in [0.717, 1.165) is 38.0 Å². The summed E-state index contributed by atoms with van der Waals surface area (Å²) in [6.45, 7) is 3.29. The molecule has 5 heteroatoms. The molecule has 0 bridgehead atoms. The average Bonchev–Trinajstić information content (AvgIpc) is 3.28. The van der Waals surface area contributed by atoms with Crippen LogP contribution in [-0.4, -0.2) is 28.9 Å². The van der Waals surface area contributed by atoms with E-state index < -0.39 is 0 Å². The van der Waals surface area contributed by atoms with Gasteiger partial charge in [0.1, 0.15) is 11.2 Å². The van der Waals surface area contributed by atoms with Gasteiger partial charge in [0.25, 0.3) is 0 Å². The first kappa shape index (κ1) is 16.2. The first-order chi connectivity index (χ1) is 11.8. The Morgan fingerprint density at radius 2 is 1.92 bits per heavy atom. The fourth-order valence-corrected chi connectivity index (χ4v) is 5.38. The number of piperidine rings is 1. The molecule has 1 fully saturated rings. The van der Waals surface area contributed by atoms with Gasteiger partial charge in [0.05, 0.1) is 0 Å². The van der Waals surface area contributed by atoms with Crippen LogP contribution in [0.2, 0.25) is 0 Å². The van der Waals surface area contributed by atoms with Crippen molar-refractivity contribution in [3.05, 3.63) is 69.6 Å². The Hall–Kier alpha value is -1.30. The smallest absolute Gasteiger partial charge is 0.129 e. The van der Waals surface area contributed by atoms with Crippen molar-refractivity contribution in [2.75, 3.05) is 13.1 Å². The Labute approximate surface area is 151 Å². The second-order valence-corrected chi connectivity index (χ2v) is 8.35. The number of benzene rings is 1. The molecule has 0 N–H and O–H groups in total. The molecule has 2 aromatic rings. The zero-order valence-corrected chi connectivity index (χ0v) is 15.1. The minimum atomic E-state index is -0.0983. The van der Waals surface area contributed by atoms with E-state index in [1.54, 1.807) is 23.9 Å². The highest BCUT2D eigenvalue weighted by Crippen LogP contribution is 2.42. The molecule has 2 aliphatic rings. The van der Waals surface area contributed by atoms with Crippen LogP contribution >= 0.6 is 23.1 Å². The van der Waals surface area contributed by atoms with Crippen LogP contribution in [0.1, 0.15) is 28.7 Å². The van der Waals surface area contributed by atoms with Crippen LogP contribution < -0.4 is 0 Å². The molecule has 1 unspecified atom stereocenters. The van der Waals surface area contributed by atoms with E-state index in [2.05, 4.69) is 38.9 Å². The van der Waals surface area contributed by atoms with Gasteiger partial charge in [0.15, 0.2) is 0 Å². The van der Waals surface area contributed by atoms with E-state index in [9.17, 15) is 4.39 Å². The number of nitrogens with zero attached hydrogens (tertiary/aromatic N) is 2. The summed E-state index contributed by atoms with van der Waals surface area (Å²) in [7, 11) is 0. The number of rotatable bonds is 4. The van der Waals surface area contributed by atoms with Crippen molar-refractivity contribution in [1.82, 2.24) is 9.80 Å². The van der Waals surface area contributed by atoms with Gasteiger partial charge in [0, 0.05) is 42.3 Å². The second-order valence-electron chi connectivity index (χ2n) is 6.33. The van der Waals surface area contributed by atoms with Gasteiger partial charge < -0.3 is 4.90 Å². The molecule has 3 heterocycles. The molecule has 0 amide bonds. The maximum absolute atomic E-state index is 14.2. The summed E-state index contributed by atoms with van der Waals surface area (Å²) in [5, 5.41) is 4.34. The molecule has 0 saturated carbocycles. The third-order valence-corrected chi connectivity index (χ3v) is 6.72. The molecule has 0 aliphatic carbocycles. The van der Waals surface area contributed by atoms with Crippen molar-refractivity contribution in [2.45, 2.75) is 30.8 Å². The van der Waals surface area contributed by atoms with Crippen molar-refractivity contribution in [2.24, 2.45) is 0 Å². The zero-order chi connectivity index (χ0) is 16.4. The predicted molar refractivity (Wildman–Crippen MR) is 100 cm³/mol. The van der Waals surface area contributed by atoms with Gasteiger partial charge in [-0.3, -0.25) is 4.90 Å². The molecule has 126 valence electrons. The second kappa shape index (κ2) is 7.30. The molecule has 1 atom stereocenters.